The summed E-state index contributed by atoms with van der Waals surface area (Å²) in [5.41, 5.74) is 2.14. The largest absolute Gasteiger partial charge is 0.490 e. The molecule has 0 bridgehead atoms. The Bertz CT molecular complexity index is 1130. The van der Waals surface area contributed by atoms with Crippen molar-refractivity contribution >= 4 is 41.2 Å². The van der Waals surface area contributed by atoms with Gasteiger partial charge in [-0.25, -0.2) is 9.69 Å². The van der Waals surface area contributed by atoms with Crippen molar-refractivity contribution in [2.75, 3.05) is 18.5 Å². The van der Waals surface area contributed by atoms with Crippen LogP contribution in [-0.2, 0) is 9.59 Å². The van der Waals surface area contributed by atoms with E-state index in [1.54, 1.807) is 30.3 Å². The minimum Gasteiger partial charge on any atom is -0.490 e. The van der Waals surface area contributed by atoms with Crippen LogP contribution in [0.15, 0.2) is 42.1 Å². The molecule has 0 saturated carbocycles. The van der Waals surface area contributed by atoms with Crippen molar-refractivity contribution in [3.63, 3.8) is 0 Å². The number of halogens is 1. The van der Waals surface area contributed by atoms with E-state index in [-0.39, 0.29) is 11.8 Å². The monoisotopic (exact) mass is 485 g/mol. The lowest BCUT2D eigenvalue weighted by Crippen LogP contribution is -2.38. The molecular weight excluding hydrogens is 458 g/mol. The highest BCUT2D eigenvalue weighted by atomic mass is 35.5. The third-order valence-electron chi connectivity index (χ3n) is 5.10. The summed E-state index contributed by atoms with van der Waals surface area (Å²) in [5, 5.41) is 5.52. The van der Waals surface area contributed by atoms with Gasteiger partial charge in [-0.3, -0.25) is 9.59 Å². The van der Waals surface area contributed by atoms with Crippen molar-refractivity contribution in [2.45, 2.75) is 40.2 Å². The first-order valence-electron chi connectivity index (χ1n) is 11.1. The van der Waals surface area contributed by atoms with Crippen molar-refractivity contribution in [1.29, 1.82) is 0 Å². The lowest BCUT2D eigenvalue weighted by molar-refractivity contribution is -0.127. The van der Waals surface area contributed by atoms with Gasteiger partial charge in [-0.05, 0) is 68.7 Å². The zero-order valence-electron chi connectivity index (χ0n) is 19.6. The third kappa shape index (κ3) is 6.08. The van der Waals surface area contributed by atoms with E-state index >= 15 is 0 Å². The van der Waals surface area contributed by atoms with E-state index in [0.29, 0.717) is 34.4 Å². The summed E-state index contributed by atoms with van der Waals surface area (Å²) < 4.78 is 11.6. The van der Waals surface area contributed by atoms with Crippen LogP contribution < -0.4 is 20.1 Å². The van der Waals surface area contributed by atoms with Gasteiger partial charge in [0.15, 0.2) is 11.5 Å². The third-order valence-corrected chi connectivity index (χ3v) is 5.38. The number of carbonyl (C=O) groups excluding carboxylic acids is 3. The van der Waals surface area contributed by atoms with Crippen LogP contribution in [-0.4, -0.2) is 42.0 Å². The van der Waals surface area contributed by atoms with Gasteiger partial charge >= 0.3 is 6.03 Å². The standard InChI is InChI=1S/C25H28ClN3O5/c1-5-16(4)34-23-19(26)11-17(13-21(23)33-6-2)12-20-24(31)29(25(32)28-20)14-22(30)27-18-9-7-8-15(3)10-18/h7-13,16H,5-6,14H2,1-4H3,(H,27,30)(H,28,32)/b20-12+/t16-/m1/s1. The van der Waals surface area contributed by atoms with Gasteiger partial charge in [-0.1, -0.05) is 30.7 Å². The molecule has 180 valence electrons. The highest BCUT2D eigenvalue weighted by molar-refractivity contribution is 6.32. The summed E-state index contributed by atoms with van der Waals surface area (Å²) in [4.78, 5) is 38.4. The molecule has 9 heteroatoms. The zero-order chi connectivity index (χ0) is 24.8. The Balaban J connectivity index is 1.78. The van der Waals surface area contributed by atoms with E-state index in [9.17, 15) is 14.4 Å². The van der Waals surface area contributed by atoms with E-state index in [2.05, 4.69) is 10.6 Å². The molecule has 0 aromatic heterocycles. The van der Waals surface area contributed by atoms with E-state index in [1.165, 1.54) is 6.08 Å². The van der Waals surface area contributed by atoms with Gasteiger partial charge in [-0.2, -0.15) is 0 Å². The number of hydrogen-bond donors (Lipinski definition) is 2. The second-order valence-electron chi connectivity index (χ2n) is 7.90. The molecule has 4 amide bonds. The molecule has 0 aliphatic carbocycles. The Morgan fingerprint density at radius 2 is 2.00 bits per heavy atom. The van der Waals surface area contributed by atoms with Gasteiger partial charge in [-0.15, -0.1) is 0 Å². The Morgan fingerprint density at radius 1 is 1.24 bits per heavy atom. The summed E-state index contributed by atoms with van der Waals surface area (Å²) in [6, 6.07) is 9.87. The molecular formula is C25H28ClN3O5. The van der Waals surface area contributed by atoms with Gasteiger partial charge in [0.1, 0.15) is 12.2 Å². The number of hydrogen-bond acceptors (Lipinski definition) is 5. The van der Waals surface area contributed by atoms with Gasteiger partial charge in [0.05, 0.1) is 17.7 Å². The van der Waals surface area contributed by atoms with Crippen LogP contribution in [0.3, 0.4) is 0 Å². The fourth-order valence-electron chi connectivity index (χ4n) is 3.28. The van der Waals surface area contributed by atoms with Crippen LogP contribution in [0.2, 0.25) is 5.02 Å². The van der Waals surface area contributed by atoms with Gasteiger partial charge < -0.3 is 20.1 Å². The number of nitrogens with one attached hydrogen (secondary N) is 2. The predicted molar refractivity (Wildman–Crippen MR) is 131 cm³/mol. The summed E-state index contributed by atoms with van der Waals surface area (Å²) in [7, 11) is 0. The molecule has 1 aliphatic heterocycles. The number of urea groups is 1. The zero-order valence-corrected chi connectivity index (χ0v) is 20.4. The van der Waals surface area contributed by atoms with E-state index in [0.717, 1.165) is 16.9 Å². The quantitative estimate of drug-likeness (QED) is 0.394. The van der Waals surface area contributed by atoms with Crippen molar-refractivity contribution < 1.29 is 23.9 Å². The molecule has 0 unspecified atom stereocenters. The van der Waals surface area contributed by atoms with Crippen LogP contribution in [0.1, 0.15) is 38.3 Å². The minimum atomic E-state index is -0.677. The number of carbonyl (C=O) groups is 3. The molecule has 2 N–H and O–H groups in total. The highest BCUT2D eigenvalue weighted by Crippen LogP contribution is 2.38. The van der Waals surface area contributed by atoms with E-state index in [1.807, 2.05) is 33.8 Å². The Kier molecular flexibility index (Phi) is 8.17. The fraction of sp³-hybridized carbons (Fsp3) is 0.320. The number of aryl methyl sites for hydroxylation is 1. The molecule has 0 radical (unpaired) electrons. The van der Waals surface area contributed by atoms with Gasteiger partial charge in [0.2, 0.25) is 5.91 Å². The van der Waals surface area contributed by atoms with Crippen LogP contribution >= 0.6 is 11.6 Å². The smallest absolute Gasteiger partial charge is 0.329 e. The van der Waals surface area contributed by atoms with Gasteiger partial charge in [0.25, 0.3) is 5.91 Å². The molecule has 8 nitrogen and oxygen atoms in total. The second-order valence-corrected chi connectivity index (χ2v) is 8.30. The van der Waals surface area contributed by atoms with Crippen LogP contribution in [0.25, 0.3) is 6.08 Å². The van der Waals surface area contributed by atoms with E-state index in [4.69, 9.17) is 21.1 Å². The molecule has 1 aliphatic rings. The molecule has 34 heavy (non-hydrogen) atoms. The summed E-state index contributed by atoms with van der Waals surface area (Å²) in [6.45, 7) is 7.65. The maximum Gasteiger partial charge on any atom is 0.329 e. The van der Waals surface area contributed by atoms with Crippen molar-refractivity contribution in [1.82, 2.24) is 10.2 Å². The van der Waals surface area contributed by atoms with Gasteiger partial charge in [0, 0.05) is 5.69 Å². The molecule has 1 heterocycles. The van der Waals surface area contributed by atoms with E-state index < -0.39 is 24.4 Å². The average molecular weight is 486 g/mol. The Morgan fingerprint density at radius 3 is 2.68 bits per heavy atom. The first-order valence-corrected chi connectivity index (χ1v) is 11.4. The molecule has 1 saturated heterocycles. The number of nitrogens with zero attached hydrogens (tertiary/aromatic N) is 1. The van der Waals surface area contributed by atoms with Crippen LogP contribution in [0.4, 0.5) is 10.5 Å². The van der Waals surface area contributed by atoms with Crippen molar-refractivity contribution in [3.05, 3.63) is 58.2 Å². The Labute approximate surface area is 203 Å². The normalized spacial score (nSPS) is 15.3. The number of amides is 4. The Hall–Kier alpha value is -3.52. The number of benzene rings is 2. The first kappa shape index (κ1) is 25.1. The maximum absolute atomic E-state index is 12.8. The minimum absolute atomic E-state index is 0.0301. The fourth-order valence-corrected chi connectivity index (χ4v) is 3.55. The molecule has 3 rings (SSSR count). The SMILES string of the molecule is CCOc1cc(/C=C2/NC(=O)N(CC(=O)Nc3cccc(C)c3)C2=O)cc(Cl)c1O[C@H](C)CC. The number of imide groups is 1. The molecule has 2 aromatic rings. The molecule has 2 aromatic carbocycles. The molecule has 0 spiro atoms. The predicted octanol–water partition coefficient (Wildman–Crippen LogP) is 4.76. The molecule has 1 atom stereocenters. The highest BCUT2D eigenvalue weighted by Gasteiger charge is 2.35. The van der Waals surface area contributed by atoms with Crippen molar-refractivity contribution in [3.8, 4) is 11.5 Å². The number of rotatable bonds is 9. The van der Waals surface area contributed by atoms with Crippen molar-refractivity contribution in [2.24, 2.45) is 0 Å². The lowest BCUT2D eigenvalue weighted by Gasteiger charge is -2.18. The topological polar surface area (TPSA) is 97.0 Å². The van der Waals surface area contributed by atoms with Crippen LogP contribution in [0.5, 0.6) is 11.5 Å². The summed E-state index contributed by atoms with van der Waals surface area (Å²) in [6.07, 6.45) is 2.22. The average Bonchev–Trinajstić information content (AvgIpc) is 3.03. The molecule has 1 fully saturated rings. The summed E-state index contributed by atoms with van der Waals surface area (Å²) >= 11 is 6.44. The number of anilines is 1. The lowest BCUT2D eigenvalue weighted by atomic mass is 10.1. The maximum atomic E-state index is 12.8. The second kappa shape index (κ2) is 11.1. The van der Waals surface area contributed by atoms with Crippen LogP contribution in [0, 0.1) is 6.92 Å². The number of ether oxygens (including phenoxy) is 2. The first-order chi connectivity index (χ1) is 16.2. The summed E-state index contributed by atoms with van der Waals surface area (Å²) in [5.74, 6) is -0.230.